The second kappa shape index (κ2) is 4.85. The number of aliphatic hydroxyl groups is 1. The lowest BCUT2D eigenvalue weighted by Crippen LogP contribution is -2.37. The van der Waals surface area contributed by atoms with Gasteiger partial charge in [-0.25, -0.2) is 9.78 Å². The van der Waals surface area contributed by atoms with E-state index < -0.39 is 17.4 Å². The standard InChI is InChI=1S/C12H16N4O3/c1-7(17)6-14-8-4-5-13-10-9(8)11(18)16(3)12(19)15(10)2/h4-5,7,17H,6H2,1-3H3,(H,13,14)/t7-/m1/s1. The van der Waals surface area contributed by atoms with Crippen molar-refractivity contribution in [2.75, 3.05) is 11.9 Å². The van der Waals surface area contributed by atoms with Gasteiger partial charge in [-0.2, -0.15) is 0 Å². The van der Waals surface area contributed by atoms with Gasteiger partial charge < -0.3 is 10.4 Å². The van der Waals surface area contributed by atoms with E-state index in [4.69, 9.17) is 0 Å². The van der Waals surface area contributed by atoms with Crippen LogP contribution in [-0.4, -0.2) is 31.9 Å². The van der Waals surface area contributed by atoms with Crippen molar-refractivity contribution >= 4 is 16.7 Å². The van der Waals surface area contributed by atoms with Crippen LogP contribution in [0.1, 0.15) is 6.92 Å². The SMILES string of the molecule is C[C@@H](O)CNc1ccnc2c1c(=O)n(C)c(=O)n2C. The Bertz CT molecular complexity index is 730. The molecular formula is C12H16N4O3. The summed E-state index contributed by atoms with van der Waals surface area (Å²) >= 11 is 0. The first kappa shape index (κ1) is 13.3. The van der Waals surface area contributed by atoms with Gasteiger partial charge in [0, 0.05) is 26.8 Å². The third kappa shape index (κ3) is 2.24. The first-order valence-corrected chi connectivity index (χ1v) is 5.90. The monoisotopic (exact) mass is 264 g/mol. The third-order valence-electron chi connectivity index (χ3n) is 2.93. The van der Waals surface area contributed by atoms with Crippen LogP contribution in [0.5, 0.6) is 0 Å². The number of aryl methyl sites for hydroxylation is 1. The minimum absolute atomic E-state index is 0.311. The van der Waals surface area contributed by atoms with Gasteiger partial charge in [0.2, 0.25) is 0 Å². The van der Waals surface area contributed by atoms with Gasteiger partial charge in [-0.1, -0.05) is 0 Å². The summed E-state index contributed by atoms with van der Waals surface area (Å²) in [7, 11) is 2.99. The molecule has 0 fully saturated rings. The molecule has 2 aromatic heterocycles. The maximum atomic E-state index is 12.2. The Balaban J connectivity index is 2.75. The maximum absolute atomic E-state index is 12.2. The number of pyridine rings is 1. The Morgan fingerprint density at radius 2 is 2.05 bits per heavy atom. The van der Waals surface area contributed by atoms with E-state index in [0.717, 1.165) is 4.57 Å². The molecule has 2 aromatic rings. The van der Waals surface area contributed by atoms with Crippen molar-refractivity contribution in [1.82, 2.24) is 14.1 Å². The zero-order chi connectivity index (χ0) is 14.2. The summed E-state index contributed by atoms with van der Waals surface area (Å²) in [5.41, 5.74) is 0.0581. The fourth-order valence-electron chi connectivity index (χ4n) is 1.89. The van der Waals surface area contributed by atoms with Crippen molar-refractivity contribution in [2.45, 2.75) is 13.0 Å². The molecular weight excluding hydrogens is 248 g/mol. The van der Waals surface area contributed by atoms with Gasteiger partial charge >= 0.3 is 5.69 Å². The zero-order valence-electron chi connectivity index (χ0n) is 11.0. The molecule has 0 saturated carbocycles. The lowest BCUT2D eigenvalue weighted by atomic mass is 10.2. The maximum Gasteiger partial charge on any atom is 0.332 e. The molecule has 7 nitrogen and oxygen atoms in total. The Hall–Kier alpha value is -2.15. The molecule has 102 valence electrons. The third-order valence-corrected chi connectivity index (χ3v) is 2.93. The van der Waals surface area contributed by atoms with Crippen molar-refractivity contribution < 1.29 is 5.11 Å². The molecule has 0 unspecified atom stereocenters. The van der Waals surface area contributed by atoms with Gasteiger partial charge in [0.05, 0.1) is 11.8 Å². The van der Waals surface area contributed by atoms with E-state index >= 15 is 0 Å². The van der Waals surface area contributed by atoms with Crippen molar-refractivity contribution in [2.24, 2.45) is 14.1 Å². The summed E-state index contributed by atoms with van der Waals surface area (Å²) < 4.78 is 2.36. The molecule has 2 rings (SSSR count). The van der Waals surface area contributed by atoms with Crippen molar-refractivity contribution in [1.29, 1.82) is 0 Å². The number of aromatic nitrogens is 3. The lowest BCUT2D eigenvalue weighted by Gasteiger charge is -2.12. The van der Waals surface area contributed by atoms with Gasteiger partial charge in [-0.05, 0) is 13.0 Å². The van der Waals surface area contributed by atoms with E-state index in [9.17, 15) is 14.7 Å². The summed E-state index contributed by atoms with van der Waals surface area (Å²) in [6.45, 7) is 1.95. The number of aliphatic hydroxyl groups excluding tert-OH is 1. The Kier molecular flexibility index (Phi) is 3.39. The molecule has 0 radical (unpaired) electrons. The molecule has 0 spiro atoms. The molecule has 0 aliphatic rings. The van der Waals surface area contributed by atoms with Crippen LogP contribution in [0.25, 0.3) is 11.0 Å². The average molecular weight is 264 g/mol. The van der Waals surface area contributed by atoms with Crippen LogP contribution in [0.2, 0.25) is 0 Å². The number of anilines is 1. The van der Waals surface area contributed by atoms with Crippen LogP contribution >= 0.6 is 0 Å². The molecule has 1 atom stereocenters. The predicted octanol–water partition coefficient (Wildman–Crippen LogP) is -0.575. The van der Waals surface area contributed by atoms with Crippen LogP contribution in [-0.2, 0) is 14.1 Å². The number of rotatable bonds is 3. The molecule has 2 N–H and O–H groups in total. The van der Waals surface area contributed by atoms with Gasteiger partial charge in [-0.15, -0.1) is 0 Å². The van der Waals surface area contributed by atoms with Crippen LogP contribution in [0.4, 0.5) is 5.69 Å². The second-order valence-corrected chi connectivity index (χ2v) is 4.49. The summed E-state index contributed by atoms with van der Waals surface area (Å²) in [5.74, 6) is 0. The fraction of sp³-hybridized carbons (Fsp3) is 0.417. The van der Waals surface area contributed by atoms with E-state index in [1.54, 1.807) is 20.0 Å². The van der Waals surface area contributed by atoms with E-state index in [1.165, 1.54) is 17.8 Å². The van der Waals surface area contributed by atoms with Gasteiger partial charge in [0.15, 0.2) is 5.65 Å². The number of hydrogen-bond acceptors (Lipinski definition) is 5. The van der Waals surface area contributed by atoms with Crippen LogP contribution < -0.4 is 16.6 Å². The van der Waals surface area contributed by atoms with Gasteiger partial charge in [-0.3, -0.25) is 13.9 Å². The Morgan fingerprint density at radius 3 is 2.68 bits per heavy atom. The second-order valence-electron chi connectivity index (χ2n) is 4.49. The smallest absolute Gasteiger partial charge is 0.332 e. The molecule has 2 heterocycles. The highest BCUT2D eigenvalue weighted by atomic mass is 16.3. The van der Waals surface area contributed by atoms with Crippen LogP contribution in [0, 0.1) is 0 Å². The fourth-order valence-corrected chi connectivity index (χ4v) is 1.89. The minimum atomic E-state index is -0.542. The van der Waals surface area contributed by atoms with Crippen LogP contribution in [0.15, 0.2) is 21.9 Å². The average Bonchev–Trinajstić information content (AvgIpc) is 2.39. The first-order valence-electron chi connectivity index (χ1n) is 5.90. The van der Waals surface area contributed by atoms with Crippen LogP contribution in [0.3, 0.4) is 0 Å². The zero-order valence-corrected chi connectivity index (χ0v) is 11.0. The van der Waals surface area contributed by atoms with Crippen molar-refractivity contribution in [3.63, 3.8) is 0 Å². The minimum Gasteiger partial charge on any atom is -0.392 e. The molecule has 0 saturated heterocycles. The number of nitrogens with zero attached hydrogens (tertiary/aromatic N) is 3. The van der Waals surface area contributed by atoms with Crippen molar-refractivity contribution in [3.8, 4) is 0 Å². The normalized spacial score (nSPS) is 12.6. The molecule has 7 heteroatoms. The quantitative estimate of drug-likeness (QED) is 0.774. The van der Waals surface area contributed by atoms with Gasteiger partial charge in [0.1, 0.15) is 5.39 Å². The Labute approximate surface area is 109 Å². The molecule has 0 amide bonds. The number of hydrogen-bond donors (Lipinski definition) is 2. The first-order chi connectivity index (χ1) is 8.93. The molecule has 0 bridgehead atoms. The number of nitrogens with one attached hydrogen (secondary N) is 1. The molecule has 19 heavy (non-hydrogen) atoms. The van der Waals surface area contributed by atoms with Crippen molar-refractivity contribution in [3.05, 3.63) is 33.1 Å². The highest BCUT2D eigenvalue weighted by Crippen LogP contribution is 2.16. The highest BCUT2D eigenvalue weighted by molar-refractivity contribution is 5.87. The molecule has 0 aromatic carbocycles. The van der Waals surface area contributed by atoms with E-state index in [0.29, 0.717) is 23.3 Å². The summed E-state index contributed by atoms with van der Waals surface area (Å²) in [6, 6.07) is 1.65. The lowest BCUT2D eigenvalue weighted by molar-refractivity contribution is 0.208. The molecule has 0 aliphatic carbocycles. The van der Waals surface area contributed by atoms with E-state index in [-0.39, 0.29) is 0 Å². The van der Waals surface area contributed by atoms with E-state index in [1.807, 2.05) is 0 Å². The highest BCUT2D eigenvalue weighted by Gasteiger charge is 2.13. The Morgan fingerprint density at radius 1 is 1.37 bits per heavy atom. The van der Waals surface area contributed by atoms with E-state index in [2.05, 4.69) is 10.3 Å². The summed E-state index contributed by atoms with van der Waals surface area (Å²) in [4.78, 5) is 28.1. The summed E-state index contributed by atoms with van der Waals surface area (Å²) in [6.07, 6.45) is 0.977. The molecule has 0 aliphatic heterocycles. The predicted molar refractivity (Wildman–Crippen MR) is 72.4 cm³/mol. The van der Waals surface area contributed by atoms with Gasteiger partial charge in [0.25, 0.3) is 5.56 Å². The number of fused-ring (bicyclic) bond motifs is 1. The summed E-state index contributed by atoms with van der Waals surface area (Å²) in [5, 5.41) is 12.6. The topological polar surface area (TPSA) is 89.2 Å². The largest absolute Gasteiger partial charge is 0.392 e.